The fourth-order valence-corrected chi connectivity index (χ4v) is 2.00. The van der Waals surface area contributed by atoms with Gasteiger partial charge in [-0.2, -0.15) is 0 Å². The van der Waals surface area contributed by atoms with Crippen molar-refractivity contribution in [1.82, 2.24) is 9.55 Å². The number of imidazole rings is 1. The molecule has 0 bridgehead atoms. The van der Waals surface area contributed by atoms with E-state index >= 15 is 0 Å². The average Bonchev–Trinajstić information content (AvgIpc) is 2.84. The third kappa shape index (κ3) is 2.71. The molecular formula is C15H17FN2O2. The zero-order valence-electron chi connectivity index (χ0n) is 11.8. The van der Waals surface area contributed by atoms with Gasteiger partial charge in [0.05, 0.1) is 18.6 Å². The number of rotatable bonds is 4. The van der Waals surface area contributed by atoms with Crippen LogP contribution in [0.4, 0.5) is 4.39 Å². The quantitative estimate of drug-likeness (QED) is 0.803. The number of benzene rings is 1. The number of nitrogens with zero attached hydrogens (tertiary/aromatic N) is 2. The molecule has 0 unspecified atom stereocenters. The lowest BCUT2D eigenvalue weighted by molar-refractivity contribution is 0.0521. The lowest BCUT2D eigenvalue weighted by Crippen LogP contribution is -2.09. The van der Waals surface area contributed by atoms with Gasteiger partial charge in [0.2, 0.25) is 0 Å². The summed E-state index contributed by atoms with van der Waals surface area (Å²) >= 11 is 0. The molecule has 106 valence electrons. The number of carbonyl (C=O) groups is 1. The lowest BCUT2D eigenvalue weighted by atomic mass is 10.1. The molecule has 0 aliphatic rings. The van der Waals surface area contributed by atoms with Gasteiger partial charge in [-0.3, -0.25) is 0 Å². The number of hydrogen-bond donors (Lipinski definition) is 0. The summed E-state index contributed by atoms with van der Waals surface area (Å²) in [5.74, 6) is -0.784. The highest BCUT2D eigenvalue weighted by atomic mass is 19.1. The molecule has 0 saturated heterocycles. The van der Waals surface area contributed by atoms with Crippen LogP contribution in [0, 0.1) is 5.82 Å². The van der Waals surface area contributed by atoms with E-state index in [1.54, 1.807) is 25.4 Å². The molecule has 2 aromatic rings. The van der Waals surface area contributed by atoms with Crippen molar-refractivity contribution < 1.29 is 13.9 Å². The van der Waals surface area contributed by atoms with Crippen molar-refractivity contribution in [2.45, 2.75) is 26.8 Å². The van der Waals surface area contributed by atoms with Crippen molar-refractivity contribution in [3.8, 4) is 11.3 Å². The van der Waals surface area contributed by atoms with E-state index in [9.17, 15) is 9.18 Å². The normalized spacial score (nSPS) is 10.8. The van der Waals surface area contributed by atoms with Gasteiger partial charge in [0.1, 0.15) is 5.82 Å². The second-order valence-electron chi connectivity index (χ2n) is 4.67. The summed E-state index contributed by atoms with van der Waals surface area (Å²) in [6, 6.07) is 6.12. The van der Waals surface area contributed by atoms with E-state index in [4.69, 9.17) is 4.74 Å². The first-order valence-corrected chi connectivity index (χ1v) is 6.54. The number of esters is 1. The summed E-state index contributed by atoms with van der Waals surface area (Å²) in [5.41, 5.74) is 1.64. The highest BCUT2D eigenvalue weighted by Gasteiger charge is 2.21. The second-order valence-corrected chi connectivity index (χ2v) is 4.67. The summed E-state index contributed by atoms with van der Waals surface area (Å²) in [4.78, 5) is 16.1. The topological polar surface area (TPSA) is 44.1 Å². The number of aromatic nitrogens is 2. The number of carbonyl (C=O) groups excluding carboxylic acids is 1. The van der Waals surface area contributed by atoms with Crippen LogP contribution in [0.5, 0.6) is 0 Å². The minimum absolute atomic E-state index is 0.130. The molecule has 1 aromatic carbocycles. The minimum atomic E-state index is -0.466. The van der Waals surface area contributed by atoms with Crippen molar-refractivity contribution in [2.24, 2.45) is 0 Å². The van der Waals surface area contributed by atoms with E-state index in [-0.39, 0.29) is 24.2 Å². The molecule has 0 fully saturated rings. The Labute approximate surface area is 117 Å². The van der Waals surface area contributed by atoms with Gasteiger partial charge in [-0.1, -0.05) is 0 Å². The molecule has 0 atom stereocenters. The summed E-state index contributed by atoms with van der Waals surface area (Å²) < 4.78 is 19.9. The fraction of sp³-hybridized carbons (Fsp3) is 0.333. The first kappa shape index (κ1) is 14.2. The summed E-state index contributed by atoms with van der Waals surface area (Å²) in [5, 5.41) is 0. The van der Waals surface area contributed by atoms with E-state index in [0.717, 1.165) is 5.56 Å². The van der Waals surface area contributed by atoms with E-state index < -0.39 is 5.97 Å². The Bertz CT molecular complexity index is 603. The molecule has 1 aromatic heterocycles. The maximum atomic E-state index is 13.1. The van der Waals surface area contributed by atoms with Crippen molar-refractivity contribution in [3.63, 3.8) is 0 Å². The van der Waals surface area contributed by atoms with Gasteiger partial charge < -0.3 is 9.30 Å². The van der Waals surface area contributed by atoms with Gasteiger partial charge in [0.25, 0.3) is 0 Å². The average molecular weight is 276 g/mol. The van der Waals surface area contributed by atoms with Crippen LogP contribution in [-0.2, 0) is 4.74 Å². The Morgan fingerprint density at radius 2 is 2.00 bits per heavy atom. The van der Waals surface area contributed by atoms with E-state index in [2.05, 4.69) is 4.98 Å². The van der Waals surface area contributed by atoms with E-state index in [0.29, 0.717) is 5.69 Å². The molecule has 0 aliphatic carbocycles. The molecule has 1 heterocycles. The zero-order valence-corrected chi connectivity index (χ0v) is 11.8. The molecule has 0 spiro atoms. The molecule has 0 radical (unpaired) electrons. The van der Waals surface area contributed by atoms with E-state index in [1.807, 2.05) is 18.4 Å². The molecule has 0 N–H and O–H groups in total. The van der Waals surface area contributed by atoms with Gasteiger partial charge in [0, 0.05) is 11.6 Å². The van der Waals surface area contributed by atoms with Gasteiger partial charge in [0.15, 0.2) is 5.69 Å². The standard InChI is InChI=1S/C15H17FN2O2/c1-4-20-15(19)13-14(18(9-17-13)10(2)3)11-5-7-12(16)8-6-11/h5-10H,4H2,1-3H3. The van der Waals surface area contributed by atoms with Crippen LogP contribution >= 0.6 is 0 Å². The van der Waals surface area contributed by atoms with Crippen molar-refractivity contribution in [1.29, 1.82) is 0 Å². The Morgan fingerprint density at radius 1 is 1.35 bits per heavy atom. The maximum Gasteiger partial charge on any atom is 0.359 e. The Balaban J connectivity index is 2.55. The van der Waals surface area contributed by atoms with Gasteiger partial charge >= 0.3 is 5.97 Å². The van der Waals surface area contributed by atoms with Crippen LogP contribution in [0.25, 0.3) is 11.3 Å². The maximum absolute atomic E-state index is 13.1. The number of halogens is 1. The van der Waals surface area contributed by atoms with Crippen LogP contribution in [0.2, 0.25) is 0 Å². The van der Waals surface area contributed by atoms with Crippen molar-refractivity contribution >= 4 is 5.97 Å². The van der Waals surface area contributed by atoms with E-state index in [1.165, 1.54) is 12.1 Å². The fourth-order valence-electron chi connectivity index (χ4n) is 2.00. The smallest absolute Gasteiger partial charge is 0.359 e. The molecule has 0 aliphatic heterocycles. The predicted octanol–water partition coefficient (Wildman–Crippen LogP) is 3.45. The predicted molar refractivity (Wildman–Crippen MR) is 74.0 cm³/mol. The summed E-state index contributed by atoms with van der Waals surface area (Å²) in [6.45, 7) is 6.01. The summed E-state index contributed by atoms with van der Waals surface area (Å²) in [6.07, 6.45) is 1.61. The third-order valence-electron chi connectivity index (χ3n) is 2.94. The zero-order chi connectivity index (χ0) is 14.7. The number of ether oxygens (including phenoxy) is 1. The molecule has 0 amide bonds. The Kier molecular flexibility index (Phi) is 4.17. The SMILES string of the molecule is CCOC(=O)c1ncn(C(C)C)c1-c1ccc(F)cc1. The van der Waals surface area contributed by atoms with Crippen LogP contribution in [0.3, 0.4) is 0 Å². The first-order valence-electron chi connectivity index (χ1n) is 6.54. The molecule has 4 nitrogen and oxygen atoms in total. The van der Waals surface area contributed by atoms with Gasteiger partial charge in [-0.15, -0.1) is 0 Å². The molecule has 2 rings (SSSR count). The monoisotopic (exact) mass is 276 g/mol. The number of hydrogen-bond acceptors (Lipinski definition) is 3. The molecule has 5 heteroatoms. The van der Waals surface area contributed by atoms with Crippen LogP contribution < -0.4 is 0 Å². The van der Waals surface area contributed by atoms with Crippen LogP contribution in [-0.4, -0.2) is 22.1 Å². The minimum Gasteiger partial charge on any atom is -0.461 e. The van der Waals surface area contributed by atoms with Crippen LogP contribution in [0.1, 0.15) is 37.3 Å². The van der Waals surface area contributed by atoms with Gasteiger partial charge in [-0.25, -0.2) is 14.2 Å². The third-order valence-corrected chi connectivity index (χ3v) is 2.94. The Morgan fingerprint density at radius 3 is 2.55 bits per heavy atom. The van der Waals surface area contributed by atoms with Crippen LogP contribution in [0.15, 0.2) is 30.6 Å². The highest BCUT2D eigenvalue weighted by Crippen LogP contribution is 2.27. The summed E-state index contributed by atoms with van der Waals surface area (Å²) in [7, 11) is 0. The first-order chi connectivity index (χ1) is 9.54. The lowest BCUT2D eigenvalue weighted by Gasteiger charge is -2.13. The molecule has 20 heavy (non-hydrogen) atoms. The Hall–Kier alpha value is -2.17. The molecule has 0 saturated carbocycles. The molecular weight excluding hydrogens is 259 g/mol. The van der Waals surface area contributed by atoms with Crippen molar-refractivity contribution in [2.75, 3.05) is 6.61 Å². The highest BCUT2D eigenvalue weighted by molar-refractivity contribution is 5.94. The second kappa shape index (κ2) is 5.86. The largest absolute Gasteiger partial charge is 0.461 e. The van der Waals surface area contributed by atoms with Crippen molar-refractivity contribution in [3.05, 3.63) is 42.1 Å². The van der Waals surface area contributed by atoms with Gasteiger partial charge in [-0.05, 0) is 45.0 Å².